The molecule has 10 rings (SSSR count). The van der Waals surface area contributed by atoms with Gasteiger partial charge in [0.15, 0.2) is 0 Å². The monoisotopic (exact) mass is 582 g/mol. The Morgan fingerprint density at radius 1 is 0.370 bits per heavy atom. The predicted octanol–water partition coefficient (Wildman–Crippen LogP) is 12.2. The second-order valence-electron chi connectivity index (χ2n) is 12.8. The maximum atomic E-state index is 2.54. The molecule has 0 radical (unpaired) electrons. The van der Waals surface area contributed by atoms with Gasteiger partial charge in [0.2, 0.25) is 0 Å². The van der Waals surface area contributed by atoms with Gasteiger partial charge in [-0.2, -0.15) is 0 Å². The van der Waals surface area contributed by atoms with Gasteiger partial charge in [0, 0.05) is 0 Å². The highest BCUT2D eigenvalue weighted by Crippen LogP contribution is 2.63. The molecule has 8 aromatic carbocycles. The summed E-state index contributed by atoms with van der Waals surface area (Å²) >= 11 is 0. The van der Waals surface area contributed by atoms with E-state index in [4.69, 9.17) is 0 Å². The molecule has 0 saturated heterocycles. The Balaban J connectivity index is 1.31. The van der Waals surface area contributed by atoms with Crippen molar-refractivity contribution in [2.45, 2.75) is 12.3 Å². The molecule has 46 heavy (non-hydrogen) atoms. The van der Waals surface area contributed by atoms with Crippen LogP contribution in [0.5, 0.6) is 0 Å². The fourth-order valence-electron chi connectivity index (χ4n) is 8.70. The Morgan fingerprint density at radius 3 is 1.46 bits per heavy atom. The van der Waals surface area contributed by atoms with Crippen LogP contribution in [0.15, 0.2) is 158 Å². The first-order valence-electron chi connectivity index (χ1n) is 16.2. The molecule has 2 aliphatic carbocycles. The lowest BCUT2D eigenvalue weighted by atomic mass is 9.70. The third kappa shape index (κ3) is 3.23. The summed E-state index contributed by atoms with van der Waals surface area (Å²) in [4.78, 5) is 0. The van der Waals surface area contributed by atoms with Gasteiger partial charge in [-0.25, -0.2) is 0 Å². The Morgan fingerprint density at radius 2 is 0.848 bits per heavy atom. The third-order valence-corrected chi connectivity index (χ3v) is 10.6. The van der Waals surface area contributed by atoms with Gasteiger partial charge in [0.25, 0.3) is 0 Å². The van der Waals surface area contributed by atoms with Crippen molar-refractivity contribution in [3.05, 3.63) is 186 Å². The molecule has 8 aromatic rings. The quantitative estimate of drug-likeness (QED) is 0.178. The van der Waals surface area contributed by atoms with Crippen LogP contribution in [-0.4, -0.2) is 0 Å². The minimum atomic E-state index is -0.382. The van der Waals surface area contributed by atoms with Gasteiger partial charge in [-0.3, -0.25) is 0 Å². The predicted molar refractivity (Wildman–Crippen MR) is 195 cm³/mol. The second kappa shape index (κ2) is 9.39. The van der Waals surface area contributed by atoms with Gasteiger partial charge >= 0.3 is 0 Å². The normalized spacial score (nSPS) is 15.9. The van der Waals surface area contributed by atoms with Crippen molar-refractivity contribution in [1.82, 2.24) is 0 Å². The lowest BCUT2D eigenvalue weighted by Gasteiger charge is -2.31. The zero-order valence-corrected chi connectivity index (χ0v) is 25.6. The molecule has 0 heteroatoms. The van der Waals surface area contributed by atoms with Crippen molar-refractivity contribution in [3.63, 3.8) is 0 Å². The molecule has 1 unspecified atom stereocenters. The molecule has 0 heterocycles. The van der Waals surface area contributed by atoms with Gasteiger partial charge in [0.05, 0.1) is 5.41 Å². The van der Waals surface area contributed by atoms with Crippen LogP contribution in [-0.2, 0) is 5.41 Å². The highest BCUT2D eigenvalue weighted by Gasteiger charge is 2.51. The van der Waals surface area contributed by atoms with Gasteiger partial charge in [-0.15, -0.1) is 0 Å². The minimum Gasteiger partial charge on any atom is -0.0871 e. The van der Waals surface area contributed by atoms with Crippen molar-refractivity contribution >= 4 is 38.4 Å². The molecule has 0 amide bonds. The Labute approximate surface area is 268 Å². The van der Waals surface area contributed by atoms with E-state index in [1.807, 2.05) is 0 Å². The fourth-order valence-corrected chi connectivity index (χ4v) is 8.70. The number of benzene rings is 8. The van der Waals surface area contributed by atoms with Crippen molar-refractivity contribution < 1.29 is 0 Å². The maximum absolute atomic E-state index is 2.54. The van der Waals surface area contributed by atoms with Crippen LogP contribution in [0.3, 0.4) is 0 Å². The molecule has 0 saturated carbocycles. The van der Waals surface area contributed by atoms with E-state index in [-0.39, 0.29) is 5.41 Å². The largest absolute Gasteiger partial charge is 0.0871 e. The Hall–Kier alpha value is -5.72. The molecular weight excluding hydrogens is 553 g/mol. The highest BCUT2D eigenvalue weighted by atomic mass is 14.5. The van der Waals surface area contributed by atoms with Crippen LogP contribution in [0.4, 0.5) is 0 Å². The summed E-state index contributed by atoms with van der Waals surface area (Å²) in [6, 6.07) is 57.2. The SMILES string of the molecule is C/C=C\c1ccc(-c2ccc3c(c2)-c2ccccc2C32c3ccccc3-c3cc4c5ccccc5c5ccccc5c4cc32)cc1. The van der Waals surface area contributed by atoms with Crippen LogP contribution >= 0.6 is 0 Å². The smallest absolute Gasteiger partial charge is 0.0725 e. The molecule has 0 nitrogen and oxygen atoms in total. The van der Waals surface area contributed by atoms with E-state index in [9.17, 15) is 0 Å². The fraction of sp³-hybridized carbons (Fsp3) is 0.0435. The van der Waals surface area contributed by atoms with E-state index in [1.165, 1.54) is 93.5 Å². The number of hydrogen-bond acceptors (Lipinski definition) is 0. The van der Waals surface area contributed by atoms with Crippen LogP contribution in [0, 0.1) is 0 Å². The standard InChI is InChI=1S/C46H30/c1-2-11-29-20-22-30(23-21-29)31-24-25-44-40(26-31)36-16-7-9-18-42(36)46(44)43-19-10-8-17-37(43)41-27-38-34-14-5-3-12-32(34)33-13-4-6-15-35(33)39(38)28-45(41)46/h2-28H,1H3/b11-2-. The van der Waals surface area contributed by atoms with E-state index >= 15 is 0 Å². The summed E-state index contributed by atoms with van der Waals surface area (Å²) in [7, 11) is 0. The van der Waals surface area contributed by atoms with Crippen molar-refractivity contribution in [3.8, 4) is 33.4 Å². The molecule has 1 spiro atoms. The average Bonchev–Trinajstić information content (AvgIpc) is 3.58. The van der Waals surface area contributed by atoms with E-state index in [2.05, 4.69) is 171 Å². The summed E-state index contributed by atoms with van der Waals surface area (Å²) in [5.74, 6) is 0. The molecule has 214 valence electrons. The van der Waals surface area contributed by atoms with Gasteiger partial charge in [-0.1, -0.05) is 146 Å². The lowest BCUT2D eigenvalue weighted by molar-refractivity contribution is 0.795. The summed E-state index contributed by atoms with van der Waals surface area (Å²) in [5.41, 5.74) is 14.2. The van der Waals surface area contributed by atoms with Crippen molar-refractivity contribution in [2.24, 2.45) is 0 Å². The average molecular weight is 583 g/mol. The van der Waals surface area contributed by atoms with E-state index in [0.717, 1.165) is 0 Å². The lowest BCUT2D eigenvalue weighted by Crippen LogP contribution is -2.25. The topological polar surface area (TPSA) is 0 Å². The van der Waals surface area contributed by atoms with Crippen LogP contribution in [0.25, 0.3) is 71.8 Å². The summed E-state index contributed by atoms with van der Waals surface area (Å²) < 4.78 is 0. The Kier molecular flexibility index (Phi) is 5.23. The number of fused-ring (bicyclic) bond motifs is 16. The molecule has 0 fully saturated rings. The third-order valence-electron chi connectivity index (χ3n) is 10.6. The number of allylic oxidation sites excluding steroid dienone is 1. The minimum absolute atomic E-state index is 0.382. The van der Waals surface area contributed by atoms with Crippen LogP contribution in [0.2, 0.25) is 0 Å². The zero-order chi connectivity index (χ0) is 30.4. The molecule has 0 aromatic heterocycles. The summed E-state index contributed by atoms with van der Waals surface area (Å²) in [6.45, 7) is 2.06. The van der Waals surface area contributed by atoms with E-state index in [0.29, 0.717) is 0 Å². The molecule has 2 aliphatic rings. The Bertz CT molecular complexity index is 2580. The second-order valence-corrected chi connectivity index (χ2v) is 12.8. The van der Waals surface area contributed by atoms with E-state index < -0.39 is 0 Å². The number of hydrogen-bond donors (Lipinski definition) is 0. The van der Waals surface area contributed by atoms with Gasteiger partial charge in [0.1, 0.15) is 0 Å². The summed E-state index contributed by atoms with van der Waals surface area (Å²) in [6.07, 6.45) is 4.24. The first-order valence-corrected chi connectivity index (χ1v) is 16.2. The summed E-state index contributed by atoms with van der Waals surface area (Å²) in [5, 5.41) is 7.90. The molecule has 0 aliphatic heterocycles. The van der Waals surface area contributed by atoms with Crippen LogP contribution < -0.4 is 0 Å². The van der Waals surface area contributed by atoms with Crippen molar-refractivity contribution in [1.29, 1.82) is 0 Å². The molecule has 0 bridgehead atoms. The molecule has 1 atom stereocenters. The van der Waals surface area contributed by atoms with Crippen LogP contribution in [0.1, 0.15) is 34.7 Å². The first kappa shape index (κ1) is 25.6. The van der Waals surface area contributed by atoms with Crippen molar-refractivity contribution in [2.75, 3.05) is 0 Å². The number of rotatable bonds is 2. The highest BCUT2D eigenvalue weighted by molar-refractivity contribution is 6.26. The van der Waals surface area contributed by atoms with E-state index in [1.54, 1.807) is 0 Å². The first-order chi connectivity index (χ1) is 22.8. The van der Waals surface area contributed by atoms with Gasteiger partial charge in [-0.05, 0) is 119 Å². The zero-order valence-electron chi connectivity index (χ0n) is 25.6. The van der Waals surface area contributed by atoms with Gasteiger partial charge < -0.3 is 0 Å². The maximum Gasteiger partial charge on any atom is 0.0725 e. The molecular formula is C46H30. The molecule has 0 N–H and O–H groups in total.